The number of halogens is 2. The summed E-state index contributed by atoms with van der Waals surface area (Å²) in [5.74, 6) is -0.411. The lowest BCUT2D eigenvalue weighted by atomic mass is 10.1. The van der Waals surface area contributed by atoms with Crippen molar-refractivity contribution in [2.75, 3.05) is 25.1 Å². The highest BCUT2D eigenvalue weighted by molar-refractivity contribution is 6.33. The van der Waals surface area contributed by atoms with Crippen LogP contribution in [-0.2, 0) is 16.1 Å². The first-order valence-corrected chi connectivity index (χ1v) is 12.6. The molecule has 3 aliphatic heterocycles. The monoisotopic (exact) mass is 526 g/mol. The van der Waals surface area contributed by atoms with E-state index in [9.17, 15) is 18.8 Å². The predicted molar refractivity (Wildman–Crippen MR) is 138 cm³/mol. The van der Waals surface area contributed by atoms with Gasteiger partial charge in [0, 0.05) is 43.4 Å². The maximum atomic E-state index is 13.3. The second-order valence-electron chi connectivity index (χ2n) is 9.67. The van der Waals surface area contributed by atoms with Crippen LogP contribution in [0.1, 0.15) is 30.9 Å². The van der Waals surface area contributed by atoms with Gasteiger partial charge in [-0.05, 0) is 55.7 Å². The fourth-order valence-corrected chi connectivity index (χ4v) is 5.68. The topological polar surface area (TPSA) is 82.2 Å². The molecule has 0 spiro atoms. The molecule has 3 heterocycles. The second-order valence-corrected chi connectivity index (χ2v) is 10.1. The van der Waals surface area contributed by atoms with Crippen LogP contribution in [0.4, 0.5) is 14.9 Å². The first-order chi connectivity index (χ1) is 17.7. The molecule has 0 saturated carbocycles. The van der Waals surface area contributed by atoms with E-state index >= 15 is 0 Å². The van der Waals surface area contributed by atoms with E-state index in [4.69, 9.17) is 16.3 Å². The quantitative estimate of drug-likeness (QED) is 0.457. The number of carbonyl (C=O) groups is 3. The number of piperazine rings is 1. The molecular formula is C27H28ClFN4O4. The Morgan fingerprint density at radius 1 is 1.16 bits per heavy atom. The Labute approximate surface area is 219 Å². The first kappa shape index (κ1) is 25.2. The number of nitrogens with one attached hydrogen (secondary N) is 1. The van der Waals surface area contributed by atoms with Crippen molar-refractivity contribution < 1.29 is 23.5 Å². The number of rotatable bonds is 6. The zero-order chi connectivity index (χ0) is 26.3. The van der Waals surface area contributed by atoms with Gasteiger partial charge in [-0.15, -0.1) is 0 Å². The Morgan fingerprint density at radius 3 is 2.43 bits per heavy atom. The van der Waals surface area contributed by atoms with Crippen molar-refractivity contribution in [3.63, 3.8) is 0 Å². The fraction of sp³-hybridized carbons (Fsp3) is 0.370. The lowest BCUT2D eigenvalue weighted by molar-refractivity contribution is -0.131. The Hall–Kier alpha value is -3.43. The highest BCUT2D eigenvalue weighted by atomic mass is 35.5. The third-order valence-electron chi connectivity index (χ3n) is 7.21. The minimum absolute atomic E-state index is 0.0855. The third-order valence-corrected chi connectivity index (χ3v) is 7.51. The number of amides is 4. The SMILES string of the molecule is COc1cc(C=CC(=O)N2C3CCC2CN(Cc2ccc(F)cc2)C3)c(N2C(=O)N[C@@H](C)C2=O)cc1Cl. The first-order valence-electron chi connectivity index (χ1n) is 12.2. The van der Waals surface area contributed by atoms with E-state index in [0.29, 0.717) is 17.9 Å². The molecule has 8 nitrogen and oxygen atoms in total. The van der Waals surface area contributed by atoms with Crippen LogP contribution in [0.2, 0.25) is 5.02 Å². The van der Waals surface area contributed by atoms with Crippen LogP contribution >= 0.6 is 11.6 Å². The summed E-state index contributed by atoms with van der Waals surface area (Å²) in [6, 6.07) is 8.60. The minimum Gasteiger partial charge on any atom is -0.495 e. The molecule has 3 atom stereocenters. The van der Waals surface area contributed by atoms with E-state index in [1.807, 2.05) is 4.90 Å². The molecule has 5 rings (SSSR count). The zero-order valence-corrected chi connectivity index (χ0v) is 21.4. The number of carbonyl (C=O) groups excluding carboxylic acids is 3. The molecule has 2 aromatic carbocycles. The van der Waals surface area contributed by atoms with Crippen molar-refractivity contribution in [3.05, 3.63) is 64.4 Å². The normalized spacial score (nSPS) is 23.7. The molecule has 0 aromatic heterocycles. The number of hydrogen-bond acceptors (Lipinski definition) is 5. The average Bonchev–Trinajstić information content (AvgIpc) is 3.29. The van der Waals surface area contributed by atoms with E-state index in [1.165, 1.54) is 31.4 Å². The molecule has 0 radical (unpaired) electrons. The molecule has 194 valence electrons. The van der Waals surface area contributed by atoms with Crippen LogP contribution in [0.5, 0.6) is 5.75 Å². The fourth-order valence-electron chi connectivity index (χ4n) is 5.45. The van der Waals surface area contributed by atoms with Crippen molar-refractivity contribution in [2.24, 2.45) is 0 Å². The van der Waals surface area contributed by atoms with E-state index in [-0.39, 0.29) is 34.5 Å². The molecule has 37 heavy (non-hydrogen) atoms. The van der Waals surface area contributed by atoms with E-state index in [2.05, 4.69) is 10.2 Å². The predicted octanol–water partition coefficient (Wildman–Crippen LogP) is 3.82. The van der Waals surface area contributed by atoms with Gasteiger partial charge in [-0.25, -0.2) is 14.1 Å². The molecule has 2 aromatic rings. The minimum atomic E-state index is -0.659. The maximum absolute atomic E-state index is 13.3. The number of likely N-dealkylation sites (tertiary alicyclic amines) is 1. The molecule has 2 unspecified atom stereocenters. The molecule has 3 saturated heterocycles. The summed E-state index contributed by atoms with van der Waals surface area (Å²) in [6.45, 7) is 3.81. The van der Waals surface area contributed by atoms with Crippen LogP contribution in [0.15, 0.2) is 42.5 Å². The molecule has 0 aliphatic carbocycles. The number of methoxy groups -OCH3 is 1. The van der Waals surface area contributed by atoms with E-state index in [1.54, 1.807) is 31.2 Å². The summed E-state index contributed by atoms with van der Waals surface area (Å²) in [5, 5.41) is 2.84. The van der Waals surface area contributed by atoms with Crippen LogP contribution in [-0.4, -0.2) is 66.0 Å². The van der Waals surface area contributed by atoms with Crippen LogP contribution < -0.4 is 15.0 Å². The number of nitrogens with zero attached hydrogens (tertiary/aromatic N) is 3. The van der Waals surface area contributed by atoms with Crippen molar-refractivity contribution in [2.45, 2.75) is 44.4 Å². The summed E-state index contributed by atoms with van der Waals surface area (Å²) >= 11 is 6.30. The second kappa shape index (κ2) is 10.1. The standard InChI is InChI=1S/C27H28ClFN4O4/c1-16-26(35)33(27(36)30-16)23-12-22(28)24(37-2)11-18(23)5-10-25(34)32-20-8-9-21(32)15-31(14-20)13-17-3-6-19(29)7-4-17/h3-7,10-12,16,20-21H,8-9,13-15H2,1-2H3,(H,30,36)/t16-,20?,21?/m0/s1. The number of hydrogen-bond donors (Lipinski definition) is 1. The van der Waals surface area contributed by atoms with Crippen molar-refractivity contribution in [1.29, 1.82) is 0 Å². The molecule has 3 fully saturated rings. The zero-order valence-electron chi connectivity index (χ0n) is 20.6. The summed E-state index contributed by atoms with van der Waals surface area (Å²) in [6.07, 6.45) is 4.93. The van der Waals surface area contributed by atoms with Gasteiger partial charge >= 0.3 is 6.03 Å². The van der Waals surface area contributed by atoms with Crippen molar-refractivity contribution >= 4 is 41.2 Å². The van der Waals surface area contributed by atoms with Gasteiger partial charge in [0.2, 0.25) is 5.91 Å². The Kier molecular flexibility index (Phi) is 6.92. The summed E-state index contributed by atoms with van der Waals surface area (Å²) < 4.78 is 18.6. The highest BCUT2D eigenvalue weighted by Gasteiger charge is 2.42. The van der Waals surface area contributed by atoms with E-state index in [0.717, 1.165) is 36.4 Å². The number of urea groups is 1. The van der Waals surface area contributed by atoms with Crippen LogP contribution in [0.25, 0.3) is 6.08 Å². The molecule has 4 amide bonds. The number of imide groups is 1. The molecule has 1 N–H and O–H groups in total. The van der Waals surface area contributed by atoms with E-state index < -0.39 is 18.0 Å². The van der Waals surface area contributed by atoms with Gasteiger partial charge in [-0.1, -0.05) is 23.7 Å². The van der Waals surface area contributed by atoms with Gasteiger partial charge in [0.25, 0.3) is 5.91 Å². The molecule has 10 heteroatoms. The van der Waals surface area contributed by atoms with Crippen LogP contribution in [0, 0.1) is 5.82 Å². The van der Waals surface area contributed by atoms with Crippen molar-refractivity contribution in [3.8, 4) is 5.75 Å². The van der Waals surface area contributed by atoms with Gasteiger partial charge < -0.3 is 15.0 Å². The Balaban J connectivity index is 1.34. The summed E-state index contributed by atoms with van der Waals surface area (Å²) in [7, 11) is 1.47. The number of fused-ring (bicyclic) bond motifs is 2. The van der Waals surface area contributed by atoms with Crippen molar-refractivity contribution in [1.82, 2.24) is 15.1 Å². The number of benzene rings is 2. The molecule has 3 aliphatic rings. The van der Waals surface area contributed by atoms with Gasteiger partial charge in [-0.2, -0.15) is 0 Å². The van der Waals surface area contributed by atoms with Crippen LogP contribution in [0.3, 0.4) is 0 Å². The average molecular weight is 527 g/mol. The number of anilines is 1. The lowest BCUT2D eigenvalue weighted by Crippen LogP contribution is -2.55. The van der Waals surface area contributed by atoms with Gasteiger partial charge in [0.1, 0.15) is 17.6 Å². The van der Waals surface area contributed by atoms with Gasteiger partial charge in [0.15, 0.2) is 0 Å². The van der Waals surface area contributed by atoms with Gasteiger partial charge in [-0.3, -0.25) is 14.5 Å². The third kappa shape index (κ3) is 4.93. The number of ether oxygens (including phenoxy) is 1. The molecule has 2 bridgehead atoms. The molecular weight excluding hydrogens is 499 g/mol. The summed E-state index contributed by atoms with van der Waals surface area (Å²) in [4.78, 5) is 43.7. The Morgan fingerprint density at radius 2 is 1.84 bits per heavy atom. The summed E-state index contributed by atoms with van der Waals surface area (Å²) in [5.41, 5.74) is 1.79. The Bertz CT molecular complexity index is 1250. The maximum Gasteiger partial charge on any atom is 0.329 e. The lowest BCUT2D eigenvalue weighted by Gasteiger charge is -2.40. The highest BCUT2D eigenvalue weighted by Crippen LogP contribution is 2.36. The van der Waals surface area contributed by atoms with Gasteiger partial charge in [0.05, 0.1) is 17.8 Å². The smallest absolute Gasteiger partial charge is 0.329 e. The largest absolute Gasteiger partial charge is 0.495 e.